The third kappa shape index (κ3) is 2.77. The summed E-state index contributed by atoms with van der Waals surface area (Å²) in [6.45, 7) is 8.22. The number of likely N-dealkylation sites (tertiary alicyclic amines) is 2. The van der Waals surface area contributed by atoms with Crippen LogP contribution in [0.4, 0.5) is 5.69 Å². The minimum atomic E-state index is 0.155. The molecule has 0 aromatic carbocycles. The van der Waals surface area contributed by atoms with Gasteiger partial charge in [-0.2, -0.15) is 5.10 Å². The zero-order valence-corrected chi connectivity index (χ0v) is 13.0. The van der Waals surface area contributed by atoms with Crippen LogP contribution in [0.25, 0.3) is 0 Å². The van der Waals surface area contributed by atoms with Gasteiger partial charge < -0.3 is 10.6 Å². The van der Waals surface area contributed by atoms with Crippen LogP contribution >= 0.6 is 0 Å². The van der Waals surface area contributed by atoms with E-state index >= 15 is 0 Å². The van der Waals surface area contributed by atoms with E-state index in [9.17, 15) is 4.79 Å². The van der Waals surface area contributed by atoms with Gasteiger partial charge in [0, 0.05) is 19.1 Å². The zero-order chi connectivity index (χ0) is 15.0. The minimum Gasteiger partial charge on any atom is -0.396 e. The van der Waals surface area contributed by atoms with Crippen molar-refractivity contribution in [2.45, 2.75) is 45.7 Å². The SMILES string of the molecule is Cc1nn(CC(=O)N2CCC(N3CCCC3)C2)c(C)c1N. The van der Waals surface area contributed by atoms with Crippen molar-refractivity contribution in [2.75, 3.05) is 31.9 Å². The van der Waals surface area contributed by atoms with Gasteiger partial charge in [0.05, 0.1) is 17.1 Å². The standard InChI is InChI=1S/C15H25N5O/c1-11-15(16)12(2)20(17-11)10-14(21)19-8-5-13(9-19)18-6-3-4-7-18/h13H,3-10,16H2,1-2H3. The van der Waals surface area contributed by atoms with Crippen molar-refractivity contribution in [3.8, 4) is 0 Å². The van der Waals surface area contributed by atoms with E-state index in [0.717, 1.165) is 30.9 Å². The number of nitrogens with zero attached hydrogens (tertiary/aromatic N) is 4. The molecule has 2 saturated heterocycles. The number of amides is 1. The molecule has 2 fully saturated rings. The molecule has 3 rings (SSSR count). The molecule has 0 saturated carbocycles. The van der Waals surface area contributed by atoms with E-state index in [1.807, 2.05) is 18.7 Å². The first kappa shape index (κ1) is 14.4. The molecule has 1 atom stereocenters. The number of aromatic nitrogens is 2. The Balaban J connectivity index is 1.60. The van der Waals surface area contributed by atoms with E-state index in [-0.39, 0.29) is 5.91 Å². The highest BCUT2D eigenvalue weighted by atomic mass is 16.2. The normalized spacial score (nSPS) is 23.1. The van der Waals surface area contributed by atoms with Crippen LogP contribution in [-0.2, 0) is 11.3 Å². The summed E-state index contributed by atoms with van der Waals surface area (Å²) in [5.41, 5.74) is 8.30. The summed E-state index contributed by atoms with van der Waals surface area (Å²) in [6, 6.07) is 0.557. The lowest BCUT2D eigenvalue weighted by atomic mass is 10.2. The fourth-order valence-electron chi connectivity index (χ4n) is 3.47. The number of carbonyl (C=O) groups is 1. The molecule has 1 aromatic heterocycles. The van der Waals surface area contributed by atoms with Gasteiger partial charge in [0.2, 0.25) is 5.91 Å². The number of nitrogen functional groups attached to an aromatic ring is 1. The second kappa shape index (κ2) is 5.67. The van der Waals surface area contributed by atoms with Gasteiger partial charge in [-0.05, 0) is 46.2 Å². The van der Waals surface area contributed by atoms with Crippen LogP contribution in [0.1, 0.15) is 30.7 Å². The average Bonchev–Trinajstić information content (AvgIpc) is 3.17. The topological polar surface area (TPSA) is 67.4 Å². The van der Waals surface area contributed by atoms with Crippen molar-refractivity contribution in [1.29, 1.82) is 0 Å². The van der Waals surface area contributed by atoms with Crippen LogP contribution in [0, 0.1) is 13.8 Å². The van der Waals surface area contributed by atoms with Gasteiger partial charge >= 0.3 is 0 Å². The van der Waals surface area contributed by atoms with Gasteiger partial charge in [0.25, 0.3) is 0 Å². The van der Waals surface area contributed by atoms with Crippen molar-refractivity contribution in [3.05, 3.63) is 11.4 Å². The lowest BCUT2D eigenvalue weighted by molar-refractivity contribution is -0.131. The first-order valence-corrected chi connectivity index (χ1v) is 7.87. The zero-order valence-electron chi connectivity index (χ0n) is 13.0. The second-order valence-corrected chi connectivity index (χ2v) is 6.27. The summed E-state index contributed by atoms with van der Waals surface area (Å²) in [7, 11) is 0. The molecule has 2 aliphatic rings. The number of nitrogens with two attached hydrogens (primary N) is 1. The number of hydrogen-bond acceptors (Lipinski definition) is 4. The van der Waals surface area contributed by atoms with Gasteiger partial charge in [-0.25, -0.2) is 0 Å². The Morgan fingerprint density at radius 1 is 1.29 bits per heavy atom. The Bertz CT molecular complexity index is 532. The molecular formula is C15H25N5O. The Hall–Kier alpha value is -1.56. The largest absolute Gasteiger partial charge is 0.396 e. The molecule has 2 aliphatic heterocycles. The number of hydrogen-bond donors (Lipinski definition) is 1. The van der Waals surface area contributed by atoms with Crippen molar-refractivity contribution in [1.82, 2.24) is 19.6 Å². The Kier molecular flexibility index (Phi) is 3.89. The summed E-state index contributed by atoms with van der Waals surface area (Å²) in [5.74, 6) is 0.155. The summed E-state index contributed by atoms with van der Waals surface area (Å²) in [6.07, 6.45) is 3.70. The van der Waals surface area contributed by atoms with Gasteiger partial charge in [-0.15, -0.1) is 0 Å². The molecule has 0 spiro atoms. The molecule has 0 radical (unpaired) electrons. The molecule has 2 N–H and O–H groups in total. The molecule has 1 unspecified atom stereocenters. The highest BCUT2D eigenvalue weighted by Crippen LogP contribution is 2.21. The van der Waals surface area contributed by atoms with E-state index in [0.29, 0.717) is 18.3 Å². The summed E-state index contributed by atoms with van der Waals surface area (Å²) in [5, 5.41) is 4.35. The van der Waals surface area contributed by atoms with Gasteiger partial charge in [-0.1, -0.05) is 0 Å². The first-order valence-electron chi connectivity index (χ1n) is 7.87. The summed E-state index contributed by atoms with van der Waals surface area (Å²) in [4.78, 5) is 17.0. The maximum atomic E-state index is 12.5. The number of aryl methyl sites for hydroxylation is 1. The molecular weight excluding hydrogens is 266 g/mol. The molecule has 1 aromatic rings. The Morgan fingerprint density at radius 3 is 2.62 bits per heavy atom. The van der Waals surface area contributed by atoms with Crippen molar-refractivity contribution in [2.24, 2.45) is 0 Å². The van der Waals surface area contributed by atoms with E-state index in [1.54, 1.807) is 4.68 Å². The third-order valence-electron chi connectivity index (χ3n) is 4.90. The summed E-state index contributed by atoms with van der Waals surface area (Å²) < 4.78 is 1.73. The molecule has 116 valence electrons. The van der Waals surface area contributed by atoms with Crippen LogP contribution < -0.4 is 5.73 Å². The van der Waals surface area contributed by atoms with Crippen LogP contribution in [-0.4, -0.2) is 57.7 Å². The predicted molar refractivity (Wildman–Crippen MR) is 81.9 cm³/mol. The first-order chi connectivity index (χ1) is 10.1. The van der Waals surface area contributed by atoms with E-state index in [4.69, 9.17) is 5.73 Å². The van der Waals surface area contributed by atoms with E-state index in [1.165, 1.54) is 25.9 Å². The smallest absolute Gasteiger partial charge is 0.244 e. The molecule has 1 amide bonds. The van der Waals surface area contributed by atoms with Crippen LogP contribution in [0.15, 0.2) is 0 Å². The lowest BCUT2D eigenvalue weighted by Crippen LogP contribution is -2.38. The second-order valence-electron chi connectivity index (χ2n) is 6.27. The maximum Gasteiger partial charge on any atom is 0.244 e. The van der Waals surface area contributed by atoms with Crippen LogP contribution in [0.5, 0.6) is 0 Å². The highest BCUT2D eigenvalue weighted by molar-refractivity contribution is 5.76. The van der Waals surface area contributed by atoms with Crippen LogP contribution in [0.2, 0.25) is 0 Å². The van der Waals surface area contributed by atoms with E-state index < -0.39 is 0 Å². The fourth-order valence-corrected chi connectivity index (χ4v) is 3.47. The van der Waals surface area contributed by atoms with Gasteiger partial charge in [-0.3, -0.25) is 14.4 Å². The number of carbonyl (C=O) groups excluding carboxylic acids is 1. The minimum absolute atomic E-state index is 0.155. The number of rotatable bonds is 3. The average molecular weight is 291 g/mol. The van der Waals surface area contributed by atoms with E-state index in [2.05, 4.69) is 10.00 Å². The fraction of sp³-hybridized carbons (Fsp3) is 0.733. The summed E-state index contributed by atoms with van der Waals surface area (Å²) >= 11 is 0. The van der Waals surface area contributed by atoms with Crippen molar-refractivity contribution < 1.29 is 4.79 Å². The molecule has 0 aliphatic carbocycles. The van der Waals surface area contributed by atoms with Crippen molar-refractivity contribution in [3.63, 3.8) is 0 Å². The molecule has 3 heterocycles. The molecule has 21 heavy (non-hydrogen) atoms. The van der Waals surface area contributed by atoms with Gasteiger partial charge in [0.1, 0.15) is 6.54 Å². The van der Waals surface area contributed by atoms with Crippen molar-refractivity contribution >= 4 is 11.6 Å². The highest BCUT2D eigenvalue weighted by Gasteiger charge is 2.31. The molecule has 0 bridgehead atoms. The monoisotopic (exact) mass is 291 g/mol. The Morgan fingerprint density at radius 2 is 2.00 bits per heavy atom. The maximum absolute atomic E-state index is 12.5. The predicted octanol–water partition coefficient (Wildman–Crippen LogP) is 0.779. The lowest BCUT2D eigenvalue weighted by Gasteiger charge is -2.23. The molecule has 6 nitrogen and oxygen atoms in total. The van der Waals surface area contributed by atoms with Gasteiger partial charge in [0.15, 0.2) is 0 Å². The Labute approximate surface area is 125 Å². The molecule has 6 heteroatoms. The quantitative estimate of drug-likeness (QED) is 0.893. The number of anilines is 1. The van der Waals surface area contributed by atoms with Crippen LogP contribution in [0.3, 0.4) is 0 Å². The third-order valence-corrected chi connectivity index (χ3v) is 4.90.